The minimum absolute atomic E-state index is 0.0990. The Labute approximate surface area is 147 Å². The van der Waals surface area contributed by atoms with Crippen molar-refractivity contribution < 1.29 is 23.1 Å². The van der Waals surface area contributed by atoms with E-state index in [1.54, 1.807) is 31.2 Å². The quantitative estimate of drug-likeness (QED) is 0.744. The van der Waals surface area contributed by atoms with Gasteiger partial charge in [0.1, 0.15) is 6.61 Å². The molecule has 2 aromatic rings. The summed E-state index contributed by atoms with van der Waals surface area (Å²) in [4.78, 5) is 12.3. The lowest BCUT2D eigenvalue weighted by Gasteiger charge is -2.35. The Bertz CT molecular complexity index is 730. The van der Waals surface area contributed by atoms with Crippen LogP contribution in [0.1, 0.15) is 18.1 Å². The molecular formula is C18H22NO5P. The minimum atomic E-state index is -3.69. The second kappa shape index (κ2) is 8.30. The van der Waals surface area contributed by atoms with Crippen LogP contribution in [0, 0.1) is 0 Å². The van der Waals surface area contributed by atoms with E-state index in [0.29, 0.717) is 5.56 Å². The number of rotatable bonds is 7. The summed E-state index contributed by atoms with van der Waals surface area (Å²) in [5, 5.41) is 1.25. The molecule has 0 heterocycles. The molecule has 1 N–H and O–H groups in total. The van der Waals surface area contributed by atoms with Crippen molar-refractivity contribution in [1.82, 2.24) is 5.32 Å². The molecule has 0 aliphatic rings. The Balaban J connectivity index is 2.22. The molecule has 2 aromatic carbocycles. The highest BCUT2D eigenvalue weighted by atomic mass is 31.2. The molecular weight excluding hydrogens is 341 g/mol. The van der Waals surface area contributed by atoms with Gasteiger partial charge in [0.25, 0.3) is 0 Å². The van der Waals surface area contributed by atoms with E-state index in [-0.39, 0.29) is 6.61 Å². The van der Waals surface area contributed by atoms with Crippen LogP contribution in [0.15, 0.2) is 60.7 Å². The molecule has 0 aliphatic heterocycles. The Morgan fingerprint density at radius 3 is 2.04 bits per heavy atom. The van der Waals surface area contributed by atoms with E-state index in [1.807, 2.05) is 36.4 Å². The first-order valence-corrected chi connectivity index (χ1v) is 9.25. The summed E-state index contributed by atoms with van der Waals surface area (Å²) in [6.45, 7) is 1.68. The molecule has 0 saturated heterocycles. The van der Waals surface area contributed by atoms with Gasteiger partial charge < -0.3 is 19.1 Å². The summed E-state index contributed by atoms with van der Waals surface area (Å²) in [5.41, 5.74) is 1.43. The number of hydrogen-bond donors (Lipinski definition) is 1. The number of alkyl carbamates (subject to hydrolysis) is 1. The van der Waals surface area contributed by atoms with Gasteiger partial charge in [-0.05, 0) is 18.1 Å². The van der Waals surface area contributed by atoms with Crippen molar-refractivity contribution in [1.29, 1.82) is 0 Å². The maximum atomic E-state index is 13.1. The van der Waals surface area contributed by atoms with E-state index in [4.69, 9.17) is 13.8 Å². The van der Waals surface area contributed by atoms with Gasteiger partial charge in [-0.1, -0.05) is 60.7 Å². The van der Waals surface area contributed by atoms with Crippen LogP contribution in [0.4, 0.5) is 4.79 Å². The van der Waals surface area contributed by atoms with Crippen molar-refractivity contribution in [2.45, 2.75) is 18.8 Å². The van der Waals surface area contributed by atoms with Crippen molar-refractivity contribution in [3.8, 4) is 0 Å². The summed E-state index contributed by atoms with van der Waals surface area (Å²) in [6, 6.07) is 18.1. The standard InChI is InChI=1S/C18H22NO5P/c1-18(25(21,22-2)23-3,16-12-8-5-9-13-16)19-17(20)24-14-15-10-6-4-7-11-15/h4-13H,14H2,1-3H3,(H,19,20)/t18-/m1/s1. The fourth-order valence-electron chi connectivity index (χ4n) is 2.46. The van der Waals surface area contributed by atoms with Crippen molar-refractivity contribution in [2.24, 2.45) is 0 Å². The zero-order chi connectivity index (χ0) is 18.3. The van der Waals surface area contributed by atoms with Gasteiger partial charge in [0.05, 0.1) is 0 Å². The van der Waals surface area contributed by atoms with E-state index in [0.717, 1.165) is 5.56 Å². The van der Waals surface area contributed by atoms with Gasteiger partial charge in [-0.25, -0.2) is 4.79 Å². The number of carbonyl (C=O) groups excluding carboxylic acids is 1. The third kappa shape index (κ3) is 4.28. The van der Waals surface area contributed by atoms with Gasteiger partial charge in [-0.2, -0.15) is 0 Å². The van der Waals surface area contributed by atoms with Gasteiger partial charge in [0.15, 0.2) is 5.28 Å². The molecule has 0 saturated carbocycles. The Morgan fingerprint density at radius 2 is 1.52 bits per heavy atom. The second-order valence-corrected chi connectivity index (χ2v) is 8.11. The minimum Gasteiger partial charge on any atom is -0.445 e. The molecule has 1 atom stereocenters. The molecule has 0 aliphatic carbocycles. The van der Waals surface area contributed by atoms with E-state index < -0.39 is 19.0 Å². The van der Waals surface area contributed by atoms with Crippen LogP contribution in [0.3, 0.4) is 0 Å². The summed E-state index contributed by atoms with van der Waals surface area (Å²) in [5.74, 6) is 0. The first-order chi connectivity index (χ1) is 11.9. The predicted octanol–water partition coefficient (Wildman–Crippen LogP) is 4.27. The predicted molar refractivity (Wildman–Crippen MR) is 95.2 cm³/mol. The summed E-state index contributed by atoms with van der Waals surface area (Å²) in [7, 11) is -1.13. The topological polar surface area (TPSA) is 73.9 Å². The van der Waals surface area contributed by atoms with Crippen LogP contribution >= 0.6 is 7.60 Å². The lowest BCUT2D eigenvalue weighted by Crippen LogP contribution is -2.44. The van der Waals surface area contributed by atoms with Crippen molar-refractivity contribution in [2.75, 3.05) is 14.2 Å². The van der Waals surface area contributed by atoms with E-state index in [9.17, 15) is 9.36 Å². The van der Waals surface area contributed by atoms with Gasteiger partial charge in [-0.15, -0.1) is 0 Å². The van der Waals surface area contributed by atoms with Crippen LogP contribution < -0.4 is 5.32 Å². The second-order valence-electron chi connectivity index (χ2n) is 5.49. The van der Waals surface area contributed by atoms with Crippen LogP contribution in [0.2, 0.25) is 0 Å². The SMILES string of the molecule is COP(=O)(OC)[C@@](C)(NC(=O)OCc1ccccc1)c1ccccc1. The number of benzene rings is 2. The molecule has 0 bridgehead atoms. The van der Waals surface area contributed by atoms with Crippen LogP contribution in [0.25, 0.3) is 0 Å². The molecule has 0 aromatic heterocycles. The monoisotopic (exact) mass is 363 g/mol. The molecule has 0 fully saturated rings. The van der Waals surface area contributed by atoms with Crippen LogP contribution in [0.5, 0.6) is 0 Å². The normalized spacial score (nSPS) is 13.7. The highest BCUT2D eigenvalue weighted by Crippen LogP contribution is 2.62. The molecule has 25 heavy (non-hydrogen) atoms. The molecule has 1 amide bonds. The molecule has 0 unspecified atom stereocenters. The average molecular weight is 363 g/mol. The fraction of sp³-hybridized carbons (Fsp3) is 0.278. The lowest BCUT2D eigenvalue weighted by molar-refractivity contribution is 0.129. The average Bonchev–Trinajstić information content (AvgIpc) is 2.67. The van der Waals surface area contributed by atoms with Gasteiger partial charge in [0.2, 0.25) is 0 Å². The zero-order valence-corrected chi connectivity index (χ0v) is 15.4. The maximum Gasteiger partial charge on any atom is 0.408 e. The smallest absolute Gasteiger partial charge is 0.408 e. The first-order valence-electron chi connectivity index (χ1n) is 7.71. The van der Waals surface area contributed by atoms with E-state index in [1.165, 1.54) is 14.2 Å². The lowest BCUT2D eigenvalue weighted by atomic mass is 10.1. The van der Waals surface area contributed by atoms with Crippen molar-refractivity contribution >= 4 is 13.7 Å². The molecule has 7 heteroatoms. The van der Waals surface area contributed by atoms with Crippen molar-refractivity contribution in [3.05, 3.63) is 71.8 Å². The summed E-state index contributed by atoms with van der Waals surface area (Å²) < 4.78 is 28.6. The Morgan fingerprint density at radius 1 is 1.00 bits per heavy atom. The number of nitrogens with one attached hydrogen (secondary N) is 1. The Hall–Kier alpha value is -2.14. The third-order valence-corrected chi connectivity index (χ3v) is 6.35. The molecule has 0 spiro atoms. The van der Waals surface area contributed by atoms with Crippen molar-refractivity contribution in [3.63, 3.8) is 0 Å². The number of carbonyl (C=O) groups is 1. The highest BCUT2D eigenvalue weighted by molar-refractivity contribution is 7.55. The largest absolute Gasteiger partial charge is 0.445 e. The molecule has 0 radical (unpaired) electrons. The first kappa shape index (κ1) is 19.2. The van der Waals surface area contributed by atoms with E-state index >= 15 is 0 Å². The van der Waals surface area contributed by atoms with Gasteiger partial charge in [-0.3, -0.25) is 4.57 Å². The Kier molecular flexibility index (Phi) is 6.37. The zero-order valence-electron chi connectivity index (χ0n) is 14.5. The van der Waals surface area contributed by atoms with Gasteiger partial charge in [0, 0.05) is 14.2 Å². The highest BCUT2D eigenvalue weighted by Gasteiger charge is 2.49. The maximum absolute atomic E-state index is 13.1. The number of amides is 1. The summed E-state index contributed by atoms with van der Waals surface area (Å²) >= 11 is 0. The molecule has 6 nitrogen and oxygen atoms in total. The van der Waals surface area contributed by atoms with Crippen LogP contribution in [-0.4, -0.2) is 20.3 Å². The number of hydrogen-bond acceptors (Lipinski definition) is 5. The summed E-state index contributed by atoms with van der Waals surface area (Å²) in [6.07, 6.45) is -0.718. The molecule has 134 valence electrons. The molecule has 2 rings (SSSR count). The number of ether oxygens (including phenoxy) is 1. The van der Waals surface area contributed by atoms with Gasteiger partial charge >= 0.3 is 13.7 Å². The fourth-order valence-corrected chi connectivity index (χ4v) is 4.03. The third-order valence-electron chi connectivity index (χ3n) is 3.92. The van der Waals surface area contributed by atoms with E-state index in [2.05, 4.69) is 5.32 Å². The van der Waals surface area contributed by atoms with Crippen LogP contribution in [-0.2, 0) is 30.2 Å².